The van der Waals surface area contributed by atoms with Gasteiger partial charge in [-0.05, 0) is 76.3 Å². The highest BCUT2D eigenvalue weighted by Crippen LogP contribution is 2.47. The number of pyridine rings is 1. The highest BCUT2D eigenvalue weighted by Gasteiger charge is 2.51. The van der Waals surface area contributed by atoms with Crippen molar-refractivity contribution in [1.82, 2.24) is 14.5 Å². The van der Waals surface area contributed by atoms with Crippen LogP contribution in [0.5, 0.6) is 0 Å². The van der Waals surface area contributed by atoms with Gasteiger partial charge in [-0.3, -0.25) is 18.9 Å². The number of hydrogen-bond acceptors (Lipinski definition) is 7. The van der Waals surface area contributed by atoms with Crippen molar-refractivity contribution in [1.29, 1.82) is 0 Å². The Morgan fingerprint density at radius 2 is 1.88 bits per heavy atom. The fourth-order valence-electron chi connectivity index (χ4n) is 6.03. The Kier molecular flexibility index (Phi) is 7.81. The molecule has 1 aromatic carbocycles. The lowest BCUT2D eigenvalue weighted by Crippen LogP contribution is -2.51. The normalized spacial score (nSPS) is 20.3. The molecule has 1 saturated carbocycles. The molecule has 2 fully saturated rings. The molecule has 5 rings (SSSR count). The van der Waals surface area contributed by atoms with E-state index >= 15 is 0 Å². The summed E-state index contributed by atoms with van der Waals surface area (Å²) in [5.41, 5.74) is 7.22. The van der Waals surface area contributed by atoms with Crippen LogP contribution in [0.15, 0.2) is 42.6 Å². The summed E-state index contributed by atoms with van der Waals surface area (Å²) in [5, 5.41) is 3.63. The Balaban J connectivity index is 1.44. The van der Waals surface area contributed by atoms with Gasteiger partial charge in [0.25, 0.3) is 5.91 Å². The molecule has 3 amide bonds. The lowest BCUT2D eigenvalue weighted by atomic mass is 9.97. The van der Waals surface area contributed by atoms with Gasteiger partial charge in [0.15, 0.2) is 0 Å². The number of fused-ring (bicyclic) bond motifs is 3. The van der Waals surface area contributed by atoms with Gasteiger partial charge in [-0.1, -0.05) is 6.07 Å². The first kappa shape index (κ1) is 28.0. The Bertz CT molecular complexity index is 1510. The van der Waals surface area contributed by atoms with Gasteiger partial charge in [0, 0.05) is 28.8 Å². The molecule has 3 heterocycles. The van der Waals surface area contributed by atoms with Crippen molar-refractivity contribution in [2.45, 2.75) is 58.7 Å². The van der Waals surface area contributed by atoms with E-state index in [9.17, 15) is 18.9 Å². The number of carbonyl (C=O) groups is 3. The Hall–Kier alpha value is -3.53. The molecule has 1 aliphatic heterocycles. The Morgan fingerprint density at radius 3 is 2.55 bits per heavy atom. The van der Waals surface area contributed by atoms with E-state index in [1.807, 2.05) is 19.1 Å². The standard InChI is InChI=1S/C28H34N5O6P/c1-4-38-40(37,39-5-2)20-11-12-23-21(14-20)22(27(29)35)15-32(23)16-25(34)33-19-10-9-18(13-19)26(33)28(36)31-24-8-6-7-17(3)30-24/h6-8,11-12,14-15,18-19,26H,4-5,9-10,13,16H2,1-3H3,(H2,29,35)(H,30,31,36)/t18?,19?,26-/m0/s1. The molecule has 11 nitrogen and oxygen atoms in total. The van der Waals surface area contributed by atoms with Crippen LogP contribution < -0.4 is 16.4 Å². The third-order valence-electron chi connectivity index (χ3n) is 7.63. The molecule has 2 aromatic heterocycles. The number of benzene rings is 1. The molecule has 12 heteroatoms. The number of rotatable bonds is 10. The van der Waals surface area contributed by atoms with Gasteiger partial charge >= 0.3 is 7.60 Å². The molecule has 2 bridgehead atoms. The SMILES string of the molecule is CCOP(=O)(OCC)c1ccc2c(c1)c(C(N)=O)cn2CC(=O)N1C2CCC(C2)[C@H]1C(=O)Nc1cccc(C)n1. The van der Waals surface area contributed by atoms with Crippen molar-refractivity contribution in [2.24, 2.45) is 11.7 Å². The highest BCUT2D eigenvalue weighted by atomic mass is 31.2. The van der Waals surface area contributed by atoms with Gasteiger partial charge in [0.1, 0.15) is 18.4 Å². The van der Waals surface area contributed by atoms with Crippen molar-refractivity contribution in [3.8, 4) is 0 Å². The van der Waals surface area contributed by atoms with Crippen LogP contribution in [-0.2, 0) is 29.7 Å². The number of likely N-dealkylation sites (tertiary alicyclic amines) is 1. The van der Waals surface area contributed by atoms with Crippen molar-refractivity contribution in [3.05, 3.63) is 53.9 Å². The van der Waals surface area contributed by atoms with Gasteiger partial charge in [-0.15, -0.1) is 0 Å². The summed E-state index contributed by atoms with van der Waals surface area (Å²) in [6, 6.07) is 9.65. The summed E-state index contributed by atoms with van der Waals surface area (Å²) < 4.78 is 25.9. The molecule has 1 aliphatic carbocycles. The van der Waals surface area contributed by atoms with E-state index in [1.54, 1.807) is 47.6 Å². The van der Waals surface area contributed by atoms with Crippen molar-refractivity contribution >= 4 is 47.3 Å². The van der Waals surface area contributed by atoms with Crippen LogP contribution in [0.25, 0.3) is 10.9 Å². The molecule has 2 unspecified atom stereocenters. The van der Waals surface area contributed by atoms with E-state index in [0.29, 0.717) is 22.0 Å². The predicted octanol–water partition coefficient (Wildman–Crippen LogP) is 3.35. The number of nitrogens with one attached hydrogen (secondary N) is 1. The summed E-state index contributed by atoms with van der Waals surface area (Å²) in [6.45, 7) is 5.56. The second-order valence-corrected chi connectivity index (χ2v) is 12.2. The third kappa shape index (κ3) is 5.16. The van der Waals surface area contributed by atoms with Gasteiger partial charge in [-0.25, -0.2) is 4.98 Å². The van der Waals surface area contributed by atoms with Gasteiger partial charge in [-0.2, -0.15) is 0 Å². The zero-order valence-electron chi connectivity index (χ0n) is 22.8. The van der Waals surface area contributed by atoms with Crippen molar-refractivity contribution < 1.29 is 28.0 Å². The van der Waals surface area contributed by atoms with Crippen LogP contribution in [0.2, 0.25) is 0 Å². The maximum absolute atomic E-state index is 13.8. The van der Waals surface area contributed by atoms with E-state index in [0.717, 1.165) is 25.0 Å². The van der Waals surface area contributed by atoms with E-state index in [4.69, 9.17) is 14.8 Å². The number of primary amides is 1. The van der Waals surface area contributed by atoms with Crippen LogP contribution >= 0.6 is 7.60 Å². The van der Waals surface area contributed by atoms with Crippen molar-refractivity contribution in [2.75, 3.05) is 18.5 Å². The molecule has 1 saturated heterocycles. The molecule has 3 N–H and O–H groups in total. The zero-order valence-corrected chi connectivity index (χ0v) is 23.7. The summed E-state index contributed by atoms with van der Waals surface area (Å²) >= 11 is 0. The first-order valence-corrected chi connectivity index (χ1v) is 15.1. The van der Waals surface area contributed by atoms with Crippen LogP contribution in [-0.4, -0.2) is 57.5 Å². The Labute approximate surface area is 232 Å². The molecular weight excluding hydrogens is 533 g/mol. The summed E-state index contributed by atoms with van der Waals surface area (Å²) in [7, 11) is -3.61. The van der Waals surface area contributed by atoms with Gasteiger partial charge in [0.2, 0.25) is 11.8 Å². The van der Waals surface area contributed by atoms with Gasteiger partial charge < -0.3 is 29.6 Å². The van der Waals surface area contributed by atoms with Gasteiger partial charge in [0.05, 0.1) is 24.1 Å². The quantitative estimate of drug-likeness (QED) is 0.357. The van der Waals surface area contributed by atoms with Crippen LogP contribution in [0.4, 0.5) is 5.82 Å². The van der Waals surface area contributed by atoms with Crippen LogP contribution in [0, 0.1) is 12.8 Å². The number of hydrogen-bond donors (Lipinski definition) is 2. The fraction of sp³-hybridized carbons (Fsp3) is 0.429. The molecular formula is C28H34N5O6P. The second kappa shape index (κ2) is 11.2. The lowest BCUT2D eigenvalue weighted by Gasteiger charge is -2.34. The Morgan fingerprint density at radius 1 is 1.12 bits per heavy atom. The number of carbonyl (C=O) groups excluding carboxylic acids is 3. The summed E-state index contributed by atoms with van der Waals surface area (Å²) in [5.74, 6) is -0.624. The molecule has 212 valence electrons. The first-order chi connectivity index (χ1) is 19.1. The van der Waals surface area contributed by atoms with Crippen molar-refractivity contribution in [3.63, 3.8) is 0 Å². The number of nitrogens with two attached hydrogens (primary N) is 1. The van der Waals surface area contributed by atoms with E-state index in [1.165, 1.54) is 6.20 Å². The number of aryl methyl sites for hydroxylation is 1. The van der Waals surface area contributed by atoms with E-state index < -0.39 is 19.5 Å². The number of anilines is 1. The highest BCUT2D eigenvalue weighted by molar-refractivity contribution is 7.62. The van der Waals surface area contributed by atoms with E-state index in [2.05, 4.69) is 10.3 Å². The molecule has 2 aliphatic rings. The minimum Gasteiger partial charge on any atom is -0.366 e. The summed E-state index contributed by atoms with van der Waals surface area (Å²) in [6.07, 6.45) is 4.03. The molecule has 3 aromatic rings. The maximum atomic E-state index is 13.8. The maximum Gasteiger partial charge on any atom is 0.361 e. The molecule has 3 atom stereocenters. The first-order valence-electron chi connectivity index (χ1n) is 13.5. The fourth-order valence-corrected chi connectivity index (χ4v) is 7.63. The molecule has 40 heavy (non-hydrogen) atoms. The zero-order chi connectivity index (χ0) is 28.6. The smallest absolute Gasteiger partial charge is 0.361 e. The molecule has 0 radical (unpaired) electrons. The topological polar surface area (TPSA) is 146 Å². The number of aromatic nitrogens is 2. The minimum atomic E-state index is -3.61. The third-order valence-corrected chi connectivity index (χ3v) is 9.74. The second-order valence-electron chi connectivity index (χ2n) is 10.2. The average Bonchev–Trinajstić information content (AvgIpc) is 3.62. The van der Waals surface area contributed by atoms with Crippen LogP contribution in [0.3, 0.4) is 0 Å². The van der Waals surface area contributed by atoms with E-state index in [-0.39, 0.29) is 49.1 Å². The van der Waals surface area contributed by atoms with Crippen LogP contribution in [0.1, 0.15) is 49.2 Å². The molecule has 0 spiro atoms. The summed E-state index contributed by atoms with van der Waals surface area (Å²) in [4.78, 5) is 45.5. The number of piperidine rings is 1. The predicted molar refractivity (Wildman–Crippen MR) is 150 cm³/mol. The lowest BCUT2D eigenvalue weighted by molar-refractivity contribution is -0.141. The largest absolute Gasteiger partial charge is 0.366 e. The number of amides is 3. The average molecular weight is 568 g/mol. The minimum absolute atomic E-state index is 0.0222. The monoisotopic (exact) mass is 567 g/mol. The number of nitrogens with zero attached hydrogens (tertiary/aromatic N) is 3.